The van der Waals surface area contributed by atoms with Gasteiger partial charge < -0.3 is 25.4 Å². The van der Waals surface area contributed by atoms with Crippen LogP contribution < -0.4 is 25.4 Å². The van der Waals surface area contributed by atoms with Crippen molar-refractivity contribution in [2.75, 3.05) is 58.4 Å². The molecule has 1 aromatic rings. The van der Waals surface area contributed by atoms with Crippen LogP contribution >= 0.6 is 0 Å². The molecule has 2 amide bonds. The molecule has 0 aliphatic carbocycles. The zero-order valence-corrected chi connectivity index (χ0v) is 14.6. The Balaban J connectivity index is 1.77. The lowest BCUT2D eigenvalue weighted by Crippen LogP contribution is -2.46. The van der Waals surface area contributed by atoms with Crippen LogP contribution in [-0.4, -0.2) is 64.4 Å². The average Bonchev–Trinajstić information content (AvgIpc) is 2.61. The number of methoxy groups -OCH3 is 2. The van der Waals surface area contributed by atoms with Crippen LogP contribution in [0.15, 0.2) is 18.2 Å². The van der Waals surface area contributed by atoms with E-state index in [2.05, 4.69) is 21.2 Å². The van der Waals surface area contributed by atoms with E-state index in [0.717, 1.165) is 62.8 Å². The first-order chi connectivity index (χ1) is 11.6. The van der Waals surface area contributed by atoms with E-state index < -0.39 is 6.03 Å². The maximum Gasteiger partial charge on any atom is 0.312 e. The second-order valence-corrected chi connectivity index (χ2v) is 5.86. The molecule has 0 atom stereocenters. The van der Waals surface area contributed by atoms with Crippen molar-refractivity contribution in [1.82, 2.24) is 10.2 Å². The van der Waals surface area contributed by atoms with Gasteiger partial charge in [0, 0.05) is 38.8 Å². The van der Waals surface area contributed by atoms with Crippen molar-refractivity contribution in [2.24, 2.45) is 5.73 Å². The second kappa shape index (κ2) is 9.22. The van der Waals surface area contributed by atoms with Crippen molar-refractivity contribution < 1.29 is 14.3 Å². The molecule has 0 aromatic heterocycles. The minimum absolute atomic E-state index is 0.447. The second-order valence-electron chi connectivity index (χ2n) is 5.86. The zero-order valence-electron chi connectivity index (χ0n) is 14.6. The van der Waals surface area contributed by atoms with Gasteiger partial charge in [0.05, 0.1) is 19.9 Å². The third-order valence-corrected chi connectivity index (χ3v) is 4.30. The maximum atomic E-state index is 10.6. The molecule has 0 radical (unpaired) electrons. The summed E-state index contributed by atoms with van der Waals surface area (Å²) in [7, 11) is 3.35. The van der Waals surface area contributed by atoms with Gasteiger partial charge in [0.2, 0.25) is 0 Å². The number of carbonyl (C=O) groups is 1. The summed E-state index contributed by atoms with van der Waals surface area (Å²) in [5.74, 6) is 1.65. The van der Waals surface area contributed by atoms with Crippen molar-refractivity contribution in [2.45, 2.75) is 12.8 Å². The fourth-order valence-electron chi connectivity index (χ4n) is 2.93. The van der Waals surface area contributed by atoms with Gasteiger partial charge >= 0.3 is 6.03 Å². The Morgan fingerprint density at radius 1 is 1.17 bits per heavy atom. The molecule has 3 N–H and O–H groups in total. The summed E-state index contributed by atoms with van der Waals surface area (Å²) in [5, 5.41) is 2.62. The molecule has 2 rings (SSSR count). The number of piperazine rings is 1. The van der Waals surface area contributed by atoms with Gasteiger partial charge in [0.15, 0.2) is 0 Å². The van der Waals surface area contributed by atoms with Gasteiger partial charge in [-0.05, 0) is 31.5 Å². The van der Waals surface area contributed by atoms with E-state index in [1.807, 2.05) is 12.1 Å². The fraction of sp³-hybridized carbons (Fsp3) is 0.588. The molecule has 1 aromatic carbocycles. The average molecular weight is 336 g/mol. The Morgan fingerprint density at radius 2 is 1.92 bits per heavy atom. The van der Waals surface area contributed by atoms with Gasteiger partial charge in [0.25, 0.3) is 0 Å². The number of hydrogen-bond donors (Lipinski definition) is 2. The highest BCUT2D eigenvalue weighted by Crippen LogP contribution is 2.32. The predicted molar refractivity (Wildman–Crippen MR) is 95.0 cm³/mol. The maximum absolute atomic E-state index is 10.6. The molecule has 7 heteroatoms. The molecule has 0 saturated carbocycles. The van der Waals surface area contributed by atoms with Crippen LogP contribution in [0, 0.1) is 0 Å². The molecule has 134 valence electrons. The fourth-order valence-corrected chi connectivity index (χ4v) is 2.93. The SMILES string of the molecule is COc1ccc(N2CCN(CCCCNC(N)=O)CC2)c(OC)c1. The Labute approximate surface area is 143 Å². The van der Waals surface area contributed by atoms with Gasteiger partial charge in [-0.15, -0.1) is 0 Å². The Hall–Kier alpha value is -2.15. The number of amides is 2. The number of urea groups is 1. The number of anilines is 1. The lowest BCUT2D eigenvalue weighted by molar-refractivity contribution is 0.244. The highest BCUT2D eigenvalue weighted by Gasteiger charge is 2.19. The van der Waals surface area contributed by atoms with Gasteiger partial charge in [-0.25, -0.2) is 4.79 Å². The van der Waals surface area contributed by atoms with E-state index in [9.17, 15) is 4.79 Å². The molecule has 1 aliphatic heterocycles. The number of ether oxygens (including phenoxy) is 2. The third kappa shape index (κ3) is 5.19. The quantitative estimate of drug-likeness (QED) is 0.699. The molecule has 1 aliphatic rings. The number of hydrogen-bond acceptors (Lipinski definition) is 5. The van der Waals surface area contributed by atoms with E-state index in [0.29, 0.717) is 6.54 Å². The number of rotatable bonds is 8. The lowest BCUT2D eigenvalue weighted by Gasteiger charge is -2.36. The van der Waals surface area contributed by atoms with Crippen molar-refractivity contribution in [1.29, 1.82) is 0 Å². The molecule has 1 heterocycles. The van der Waals surface area contributed by atoms with Crippen molar-refractivity contribution >= 4 is 11.7 Å². The van der Waals surface area contributed by atoms with Crippen molar-refractivity contribution in [3.05, 3.63) is 18.2 Å². The van der Waals surface area contributed by atoms with Crippen LogP contribution in [-0.2, 0) is 0 Å². The van der Waals surface area contributed by atoms with Crippen molar-refractivity contribution in [3.8, 4) is 11.5 Å². The number of benzene rings is 1. The van der Waals surface area contributed by atoms with Gasteiger partial charge in [-0.1, -0.05) is 0 Å². The molecule has 7 nitrogen and oxygen atoms in total. The van der Waals surface area contributed by atoms with Crippen LogP contribution in [0.25, 0.3) is 0 Å². The third-order valence-electron chi connectivity index (χ3n) is 4.30. The van der Waals surface area contributed by atoms with Crippen molar-refractivity contribution in [3.63, 3.8) is 0 Å². The molecule has 0 spiro atoms. The first-order valence-electron chi connectivity index (χ1n) is 8.36. The first kappa shape index (κ1) is 18.2. The summed E-state index contributed by atoms with van der Waals surface area (Å²) in [4.78, 5) is 15.4. The topological polar surface area (TPSA) is 80.1 Å². The minimum Gasteiger partial charge on any atom is -0.497 e. The number of unbranched alkanes of at least 4 members (excludes halogenated alkanes) is 1. The summed E-state index contributed by atoms with van der Waals surface area (Å²) in [5.41, 5.74) is 6.16. The Morgan fingerprint density at radius 3 is 2.54 bits per heavy atom. The smallest absolute Gasteiger partial charge is 0.312 e. The molecule has 1 fully saturated rings. The number of carbonyl (C=O) groups excluding carboxylic acids is 1. The summed E-state index contributed by atoms with van der Waals surface area (Å²) >= 11 is 0. The van der Waals surface area contributed by atoms with Gasteiger partial charge in [-0.3, -0.25) is 4.90 Å². The van der Waals surface area contributed by atoms with Crippen LogP contribution in [0.4, 0.5) is 10.5 Å². The minimum atomic E-state index is -0.447. The number of nitrogens with two attached hydrogens (primary N) is 1. The molecule has 1 saturated heterocycles. The monoisotopic (exact) mass is 336 g/mol. The number of nitrogens with zero attached hydrogens (tertiary/aromatic N) is 2. The summed E-state index contributed by atoms with van der Waals surface area (Å²) in [6, 6.07) is 5.50. The van der Waals surface area contributed by atoms with Gasteiger partial charge in [0.1, 0.15) is 11.5 Å². The van der Waals surface area contributed by atoms with E-state index in [1.165, 1.54) is 0 Å². The van der Waals surface area contributed by atoms with E-state index in [1.54, 1.807) is 14.2 Å². The van der Waals surface area contributed by atoms with E-state index in [4.69, 9.17) is 15.2 Å². The summed E-state index contributed by atoms with van der Waals surface area (Å²) in [6.07, 6.45) is 2.02. The highest BCUT2D eigenvalue weighted by atomic mass is 16.5. The number of nitrogens with one attached hydrogen (secondary N) is 1. The van der Waals surface area contributed by atoms with Crippen LogP contribution in [0.2, 0.25) is 0 Å². The highest BCUT2D eigenvalue weighted by molar-refractivity contribution is 5.71. The standard InChI is InChI=1S/C17H28N4O3/c1-23-14-5-6-15(16(13-14)24-2)21-11-9-20(10-12-21)8-4-3-7-19-17(18)22/h5-6,13H,3-4,7-12H2,1-2H3,(H3,18,19,22). The Kier molecular flexibility index (Phi) is 6.99. The predicted octanol–water partition coefficient (Wildman–Crippen LogP) is 1.27. The summed E-state index contributed by atoms with van der Waals surface area (Å²) < 4.78 is 10.8. The normalized spacial score (nSPS) is 15.2. The first-order valence-corrected chi connectivity index (χ1v) is 8.36. The molecular weight excluding hydrogens is 308 g/mol. The molecule has 0 bridgehead atoms. The van der Waals surface area contributed by atoms with E-state index >= 15 is 0 Å². The lowest BCUT2D eigenvalue weighted by atomic mass is 10.2. The largest absolute Gasteiger partial charge is 0.497 e. The molecule has 24 heavy (non-hydrogen) atoms. The van der Waals surface area contributed by atoms with Crippen LogP contribution in [0.3, 0.4) is 0 Å². The zero-order chi connectivity index (χ0) is 17.4. The molecular formula is C17H28N4O3. The van der Waals surface area contributed by atoms with Gasteiger partial charge in [-0.2, -0.15) is 0 Å². The van der Waals surface area contributed by atoms with Crippen LogP contribution in [0.1, 0.15) is 12.8 Å². The molecule has 0 unspecified atom stereocenters. The summed E-state index contributed by atoms with van der Waals surface area (Å²) in [6.45, 7) is 5.70. The van der Waals surface area contributed by atoms with Crippen LogP contribution in [0.5, 0.6) is 11.5 Å². The number of primary amides is 1. The van der Waals surface area contributed by atoms with E-state index in [-0.39, 0.29) is 0 Å². The Bertz CT molecular complexity index is 531.